The van der Waals surface area contributed by atoms with Gasteiger partial charge in [-0.15, -0.1) is 0 Å². The number of hydrogen-bond donors (Lipinski definition) is 1. The molecule has 1 aromatic heterocycles. The van der Waals surface area contributed by atoms with Gasteiger partial charge in [0.05, 0.1) is 24.7 Å². The van der Waals surface area contributed by atoms with Crippen molar-refractivity contribution in [3.8, 4) is 0 Å². The molecule has 2 bridgehead atoms. The van der Waals surface area contributed by atoms with Gasteiger partial charge in [-0.3, -0.25) is 0 Å². The molecule has 0 radical (unpaired) electrons. The van der Waals surface area contributed by atoms with Crippen LogP contribution in [0.4, 0.5) is 0 Å². The van der Waals surface area contributed by atoms with Gasteiger partial charge < -0.3 is 9.47 Å². The van der Waals surface area contributed by atoms with Crippen molar-refractivity contribution in [2.75, 3.05) is 19.6 Å². The molecule has 4 heterocycles. The second-order valence-electron chi connectivity index (χ2n) is 7.38. The Labute approximate surface area is 126 Å². The maximum atomic E-state index is 3.83. The highest BCUT2D eigenvalue weighted by molar-refractivity contribution is 5.85. The lowest BCUT2D eigenvalue weighted by Crippen LogP contribution is -2.58. The van der Waals surface area contributed by atoms with Crippen LogP contribution in [0.25, 0.3) is 10.9 Å². The third-order valence-electron chi connectivity index (χ3n) is 6.92. The zero-order valence-corrected chi connectivity index (χ0v) is 12.9. The summed E-state index contributed by atoms with van der Waals surface area (Å²) in [6, 6.07) is 8.87. The molecule has 3 aliphatic rings. The molecule has 0 aliphatic carbocycles. The summed E-state index contributed by atoms with van der Waals surface area (Å²) in [5.74, 6) is 0.745. The Kier molecular flexibility index (Phi) is 2.07. The Morgan fingerprint density at radius 3 is 3.00 bits per heavy atom. The molecule has 2 saturated heterocycles. The summed E-state index contributed by atoms with van der Waals surface area (Å²) < 4.78 is 1.30. The first-order valence-electron chi connectivity index (χ1n) is 8.31. The van der Waals surface area contributed by atoms with Gasteiger partial charge in [-0.1, -0.05) is 24.3 Å². The number of hydrogen-bond acceptors (Lipinski definition) is 0. The lowest BCUT2D eigenvalue weighted by Gasteiger charge is -2.46. The van der Waals surface area contributed by atoms with E-state index in [0.717, 1.165) is 5.92 Å². The fourth-order valence-electron chi connectivity index (χ4n) is 5.81. The molecule has 2 fully saturated rings. The van der Waals surface area contributed by atoms with E-state index in [1.807, 2.05) is 0 Å². The predicted octanol–water partition coefficient (Wildman–Crippen LogP) is 3.74. The number of aromatic amines is 1. The first-order valence-corrected chi connectivity index (χ1v) is 8.31. The largest absolute Gasteiger partial charge is 0.353 e. The number of para-hydroxylation sites is 1. The van der Waals surface area contributed by atoms with Crippen molar-refractivity contribution < 1.29 is 4.48 Å². The minimum absolute atomic E-state index is 0.286. The lowest BCUT2D eigenvalue weighted by atomic mass is 9.78. The van der Waals surface area contributed by atoms with Crippen LogP contribution in [0.5, 0.6) is 0 Å². The summed E-state index contributed by atoms with van der Waals surface area (Å²) in [6.45, 7) is 8.74. The third kappa shape index (κ3) is 1.17. The van der Waals surface area contributed by atoms with E-state index in [1.54, 1.807) is 16.8 Å². The van der Waals surface area contributed by atoms with Gasteiger partial charge in [0.2, 0.25) is 0 Å². The van der Waals surface area contributed by atoms with Gasteiger partial charge in [0.15, 0.2) is 0 Å². The average Bonchev–Trinajstić information content (AvgIpc) is 3.11. The molecule has 0 spiro atoms. The molecular formula is C19H23N2+. The molecule has 1 N–H and O–H groups in total. The van der Waals surface area contributed by atoms with Crippen LogP contribution in [0.3, 0.4) is 0 Å². The van der Waals surface area contributed by atoms with Crippen molar-refractivity contribution in [1.29, 1.82) is 0 Å². The van der Waals surface area contributed by atoms with Crippen molar-refractivity contribution in [2.24, 2.45) is 5.92 Å². The molecule has 5 rings (SSSR count). The van der Waals surface area contributed by atoms with Crippen LogP contribution < -0.4 is 0 Å². The van der Waals surface area contributed by atoms with Crippen LogP contribution in [0.15, 0.2) is 35.9 Å². The maximum absolute atomic E-state index is 3.83. The number of nitrogens with zero attached hydrogens (tertiary/aromatic N) is 1. The molecule has 3 unspecified atom stereocenters. The smallest absolute Gasteiger partial charge is 0.144 e. The first-order chi connectivity index (χ1) is 10.2. The van der Waals surface area contributed by atoms with E-state index < -0.39 is 0 Å². The number of piperidine rings is 1. The molecule has 0 saturated carbocycles. The summed E-state index contributed by atoms with van der Waals surface area (Å²) in [6.07, 6.45) is 5.00. The predicted molar refractivity (Wildman–Crippen MR) is 86.1 cm³/mol. The molecule has 1 aromatic carbocycles. The lowest BCUT2D eigenvalue weighted by molar-refractivity contribution is -0.961. The Morgan fingerprint density at radius 1 is 1.29 bits per heavy atom. The van der Waals surface area contributed by atoms with Gasteiger partial charge >= 0.3 is 0 Å². The molecule has 0 amide bonds. The first kappa shape index (κ1) is 12.0. The Hall–Kier alpha value is -1.54. The van der Waals surface area contributed by atoms with Gasteiger partial charge in [-0.2, -0.15) is 0 Å². The van der Waals surface area contributed by atoms with E-state index >= 15 is 0 Å². The van der Waals surface area contributed by atoms with Crippen LogP contribution >= 0.6 is 0 Å². The highest BCUT2D eigenvalue weighted by Crippen LogP contribution is 2.60. The molecular weight excluding hydrogens is 256 g/mol. The van der Waals surface area contributed by atoms with Crippen LogP contribution in [0.1, 0.15) is 31.5 Å². The maximum Gasteiger partial charge on any atom is 0.144 e. The standard InChI is InChI=1S/C19H23N2/c1-3-13-12-21-10-8-15-14-6-4-5-7-17(14)20-18(15)19(21,2)16(13)9-11-21/h3-7,16,20H,8-12H2,1-2H3/q+1. The van der Waals surface area contributed by atoms with Crippen molar-refractivity contribution in [3.05, 3.63) is 47.2 Å². The molecule has 3 aliphatic heterocycles. The second-order valence-corrected chi connectivity index (χ2v) is 7.38. The molecule has 108 valence electrons. The van der Waals surface area contributed by atoms with E-state index in [-0.39, 0.29) is 5.54 Å². The third-order valence-corrected chi connectivity index (χ3v) is 6.92. The summed E-state index contributed by atoms with van der Waals surface area (Å²) in [4.78, 5) is 3.83. The second kappa shape index (κ2) is 3.61. The molecule has 2 heteroatoms. The number of fused-ring (bicyclic) bond motifs is 3. The number of aromatic nitrogens is 1. The van der Waals surface area contributed by atoms with E-state index in [0.29, 0.717) is 0 Å². The minimum Gasteiger partial charge on any atom is -0.353 e. The van der Waals surface area contributed by atoms with E-state index in [4.69, 9.17) is 0 Å². The Balaban J connectivity index is 1.83. The van der Waals surface area contributed by atoms with E-state index in [9.17, 15) is 0 Å². The normalized spacial score (nSPS) is 39.0. The summed E-state index contributed by atoms with van der Waals surface area (Å²) in [5.41, 5.74) is 6.48. The number of benzene rings is 1. The number of nitrogens with one attached hydrogen (secondary N) is 1. The molecule has 3 atom stereocenters. The van der Waals surface area contributed by atoms with Crippen molar-refractivity contribution in [2.45, 2.75) is 32.2 Å². The molecule has 2 aromatic rings. The van der Waals surface area contributed by atoms with E-state index in [2.05, 4.69) is 49.2 Å². The van der Waals surface area contributed by atoms with Crippen LogP contribution in [-0.4, -0.2) is 29.1 Å². The van der Waals surface area contributed by atoms with Crippen LogP contribution in [0, 0.1) is 5.92 Å². The van der Waals surface area contributed by atoms with Gasteiger partial charge in [-0.25, -0.2) is 0 Å². The number of allylic oxidation sites excluding steroid dienone is 1. The van der Waals surface area contributed by atoms with Gasteiger partial charge in [0.1, 0.15) is 12.1 Å². The monoisotopic (exact) mass is 279 g/mol. The highest BCUT2D eigenvalue weighted by atomic mass is 15.5. The SMILES string of the molecule is CC=C1C[N+]23CCc4c([nH]c5ccccc45)C2(C)C1CC3. The minimum atomic E-state index is 0.286. The Morgan fingerprint density at radius 2 is 2.14 bits per heavy atom. The number of rotatable bonds is 0. The summed E-state index contributed by atoms with van der Waals surface area (Å²) in [5, 5.41) is 1.46. The highest BCUT2D eigenvalue weighted by Gasteiger charge is 2.67. The molecule has 2 nitrogen and oxygen atoms in total. The van der Waals surface area contributed by atoms with Gasteiger partial charge in [-0.05, 0) is 31.1 Å². The van der Waals surface area contributed by atoms with Crippen LogP contribution in [0.2, 0.25) is 0 Å². The zero-order valence-electron chi connectivity index (χ0n) is 12.9. The van der Waals surface area contributed by atoms with Gasteiger partial charge in [0.25, 0.3) is 0 Å². The average molecular weight is 279 g/mol. The molecule has 21 heavy (non-hydrogen) atoms. The van der Waals surface area contributed by atoms with Crippen molar-refractivity contribution >= 4 is 10.9 Å². The fourth-order valence-corrected chi connectivity index (χ4v) is 5.81. The van der Waals surface area contributed by atoms with Crippen LogP contribution in [-0.2, 0) is 12.0 Å². The van der Waals surface area contributed by atoms with E-state index in [1.165, 1.54) is 47.9 Å². The fraction of sp³-hybridized carbons (Fsp3) is 0.474. The Bertz CT molecular complexity index is 784. The number of H-pyrrole nitrogens is 1. The zero-order chi connectivity index (χ0) is 14.2. The van der Waals surface area contributed by atoms with Gasteiger partial charge in [0, 0.05) is 23.7 Å². The van der Waals surface area contributed by atoms with Crippen molar-refractivity contribution in [3.63, 3.8) is 0 Å². The quantitative estimate of drug-likeness (QED) is 0.558. The van der Waals surface area contributed by atoms with Crippen molar-refractivity contribution in [1.82, 2.24) is 4.98 Å². The summed E-state index contributed by atoms with van der Waals surface area (Å²) >= 11 is 0. The summed E-state index contributed by atoms with van der Waals surface area (Å²) in [7, 11) is 0. The number of quaternary nitrogens is 1. The topological polar surface area (TPSA) is 15.8 Å².